The first-order valence-corrected chi connectivity index (χ1v) is 10.1. The molecular formula is C24H27N3O2. The summed E-state index contributed by atoms with van der Waals surface area (Å²) >= 11 is 0. The van der Waals surface area contributed by atoms with Gasteiger partial charge in [0.05, 0.1) is 25.6 Å². The summed E-state index contributed by atoms with van der Waals surface area (Å²) in [4.78, 5) is 12.1. The maximum Gasteiger partial charge on any atom is 0.226 e. The van der Waals surface area contributed by atoms with Gasteiger partial charge in [0.2, 0.25) is 5.95 Å². The topological polar surface area (TPSA) is 47.5 Å². The van der Waals surface area contributed by atoms with Crippen LogP contribution in [0.15, 0.2) is 48.5 Å². The molecule has 29 heavy (non-hydrogen) atoms. The van der Waals surface area contributed by atoms with E-state index in [-0.39, 0.29) is 0 Å². The molecule has 1 aliphatic heterocycles. The van der Waals surface area contributed by atoms with Crippen molar-refractivity contribution in [3.05, 3.63) is 54.1 Å². The molecule has 0 radical (unpaired) electrons. The predicted octanol–water partition coefficient (Wildman–Crippen LogP) is 5.13. The van der Waals surface area contributed by atoms with E-state index in [2.05, 4.69) is 42.2 Å². The van der Waals surface area contributed by atoms with Crippen LogP contribution in [-0.4, -0.2) is 37.3 Å². The van der Waals surface area contributed by atoms with E-state index in [4.69, 9.17) is 19.4 Å². The number of piperidine rings is 1. The van der Waals surface area contributed by atoms with Crippen molar-refractivity contribution in [2.75, 3.05) is 32.2 Å². The number of benzene rings is 2. The largest absolute Gasteiger partial charge is 0.493 e. The van der Waals surface area contributed by atoms with Crippen molar-refractivity contribution >= 4 is 5.95 Å². The van der Waals surface area contributed by atoms with E-state index in [9.17, 15) is 0 Å². The minimum Gasteiger partial charge on any atom is -0.493 e. The molecule has 0 atom stereocenters. The summed E-state index contributed by atoms with van der Waals surface area (Å²) in [5.74, 6) is 2.20. The van der Waals surface area contributed by atoms with Crippen molar-refractivity contribution in [1.29, 1.82) is 0 Å². The molecule has 1 fully saturated rings. The van der Waals surface area contributed by atoms with E-state index in [1.54, 1.807) is 14.2 Å². The van der Waals surface area contributed by atoms with Gasteiger partial charge in [0.1, 0.15) is 0 Å². The van der Waals surface area contributed by atoms with E-state index < -0.39 is 0 Å². The zero-order chi connectivity index (χ0) is 20.2. The summed E-state index contributed by atoms with van der Waals surface area (Å²) in [6.07, 6.45) is 3.64. The van der Waals surface area contributed by atoms with Crippen molar-refractivity contribution in [2.24, 2.45) is 0 Å². The number of aromatic nitrogens is 2. The minimum absolute atomic E-state index is 0.694. The second-order valence-electron chi connectivity index (χ2n) is 7.42. The third-order valence-electron chi connectivity index (χ3n) is 5.38. The molecule has 4 rings (SSSR count). The number of nitrogens with zero attached hydrogens (tertiary/aromatic N) is 3. The second kappa shape index (κ2) is 8.52. The van der Waals surface area contributed by atoms with Gasteiger partial charge in [0.15, 0.2) is 11.5 Å². The standard InChI is InChI=1S/C24H27N3O2/c1-17-7-9-18(10-8-17)20-16-21(19-11-12-22(28-2)23(15-19)29-3)26-24(25-20)27-13-5-4-6-14-27/h7-12,15-16H,4-6,13-14H2,1-3H3. The third-order valence-corrected chi connectivity index (χ3v) is 5.38. The lowest BCUT2D eigenvalue weighted by Gasteiger charge is -2.27. The minimum atomic E-state index is 0.694. The Morgan fingerprint density at radius 2 is 1.34 bits per heavy atom. The molecule has 0 bridgehead atoms. The molecule has 1 saturated heterocycles. The average Bonchev–Trinajstić information content (AvgIpc) is 2.79. The van der Waals surface area contributed by atoms with Gasteiger partial charge in [-0.25, -0.2) is 9.97 Å². The molecule has 5 nitrogen and oxygen atoms in total. The van der Waals surface area contributed by atoms with E-state index in [1.807, 2.05) is 18.2 Å². The maximum absolute atomic E-state index is 5.49. The Morgan fingerprint density at radius 1 is 0.724 bits per heavy atom. The lowest BCUT2D eigenvalue weighted by atomic mass is 10.1. The van der Waals surface area contributed by atoms with E-state index in [0.29, 0.717) is 11.5 Å². The first kappa shape index (κ1) is 19.2. The zero-order valence-corrected chi connectivity index (χ0v) is 17.3. The van der Waals surface area contributed by atoms with Crippen LogP contribution in [0.4, 0.5) is 5.95 Å². The van der Waals surface area contributed by atoms with Crippen molar-refractivity contribution in [1.82, 2.24) is 9.97 Å². The fraction of sp³-hybridized carbons (Fsp3) is 0.333. The first-order chi connectivity index (χ1) is 14.2. The molecule has 1 aliphatic rings. The Kier molecular flexibility index (Phi) is 5.65. The second-order valence-corrected chi connectivity index (χ2v) is 7.42. The smallest absolute Gasteiger partial charge is 0.226 e. The van der Waals surface area contributed by atoms with Crippen molar-refractivity contribution in [3.63, 3.8) is 0 Å². The predicted molar refractivity (Wildman–Crippen MR) is 117 cm³/mol. The summed E-state index contributed by atoms with van der Waals surface area (Å²) in [5, 5.41) is 0. The van der Waals surface area contributed by atoms with Crippen LogP contribution in [0, 0.1) is 6.92 Å². The summed E-state index contributed by atoms with van der Waals surface area (Å²) in [5.41, 5.74) is 5.14. The van der Waals surface area contributed by atoms with Crippen LogP contribution in [0.2, 0.25) is 0 Å². The number of anilines is 1. The van der Waals surface area contributed by atoms with Crippen LogP contribution in [-0.2, 0) is 0 Å². The summed E-state index contributed by atoms with van der Waals surface area (Å²) in [6.45, 7) is 4.10. The first-order valence-electron chi connectivity index (χ1n) is 10.1. The van der Waals surface area contributed by atoms with E-state index >= 15 is 0 Å². The van der Waals surface area contributed by atoms with Gasteiger partial charge in [0, 0.05) is 24.2 Å². The van der Waals surface area contributed by atoms with Crippen LogP contribution < -0.4 is 14.4 Å². The Balaban J connectivity index is 1.82. The van der Waals surface area contributed by atoms with Crippen molar-refractivity contribution in [3.8, 4) is 34.0 Å². The van der Waals surface area contributed by atoms with Crippen LogP contribution in [0.25, 0.3) is 22.5 Å². The Hall–Kier alpha value is -3.08. The van der Waals surface area contributed by atoms with Crippen LogP contribution in [0.5, 0.6) is 11.5 Å². The highest BCUT2D eigenvalue weighted by molar-refractivity contribution is 5.71. The van der Waals surface area contributed by atoms with Crippen LogP contribution >= 0.6 is 0 Å². The number of rotatable bonds is 5. The number of ether oxygens (including phenoxy) is 2. The maximum atomic E-state index is 5.49. The van der Waals surface area contributed by atoms with Gasteiger partial charge in [0.25, 0.3) is 0 Å². The Labute approximate surface area is 172 Å². The quantitative estimate of drug-likeness (QED) is 0.606. The Bertz CT molecular complexity index is 980. The molecule has 0 saturated carbocycles. The number of hydrogen-bond acceptors (Lipinski definition) is 5. The highest BCUT2D eigenvalue weighted by Gasteiger charge is 2.17. The number of methoxy groups -OCH3 is 2. The highest BCUT2D eigenvalue weighted by Crippen LogP contribution is 2.34. The number of aryl methyl sites for hydroxylation is 1. The molecular weight excluding hydrogens is 362 g/mol. The molecule has 2 heterocycles. The lowest BCUT2D eigenvalue weighted by Crippen LogP contribution is -2.31. The summed E-state index contributed by atoms with van der Waals surface area (Å²) < 4.78 is 10.9. The summed E-state index contributed by atoms with van der Waals surface area (Å²) in [6, 6.07) is 16.4. The van der Waals surface area contributed by atoms with Crippen LogP contribution in [0.1, 0.15) is 24.8 Å². The fourth-order valence-electron chi connectivity index (χ4n) is 3.69. The SMILES string of the molecule is COc1ccc(-c2cc(-c3ccc(C)cc3)nc(N3CCCCC3)n2)cc1OC. The molecule has 1 aromatic heterocycles. The third kappa shape index (κ3) is 4.19. The van der Waals surface area contributed by atoms with Gasteiger partial charge in [-0.15, -0.1) is 0 Å². The molecule has 2 aromatic carbocycles. The molecule has 3 aromatic rings. The number of hydrogen-bond donors (Lipinski definition) is 0. The fourth-order valence-corrected chi connectivity index (χ4v) is 3.69. The van der Waals surface area contributed by atoms with Gasteiger partial charge >= 0.3 is 0 Å². The molecule has 0 N–H and O–H groups in total. The molecule has 5 heteroatoms. The molecule has 0 amide bonds. The molecule has 150 valence electrons. The van der Waals surface area contributed by atoms with Gasteiger partial charge < -0.3 is 14.4 Å². The molecule has 0 aliphatic carbocycles. The van der Waals surface area contributed by atoms with Crippen molar-refractivity contribution < 1.29 is 9.47 Å². The van der Waals surface area contributed by atoms with Gasteiger partial charge in [-0.2, -0.15) is 0 Å². The zero-order valence-electron chi connectivity index (χ0n) is 17.3. The average molecular weight is 389 g/mol. The molecule has 0 unspecified atom stereocenters. The van der Waals surface area contributed by atoms with Gasteiger partial charge in [-0.1, -0.05) is 29.8 Å². The van der Waals surface area contributed by atoms with E-state index in [0.717, 1.165) is 41.6 Å². The monoisotopic (exact) mass is 389 g/mol. The van der Waals surface area contributed by atoms with Gasteiger partial charge in [-0.05, 0) is 50.5 Å². The van der Waals surface area contributed by atoms with Crippen LogP contribution in [0.3, 0.4) is 0 Å². The van der Waals surface area contributed by atoms with Crippen molar-refractivity contribution in [2.45, 2.75) is 26.2 Å². The normalized spacial score (nSPS) is 14.0. The Morgan fingerprint density at radius 3 is 2.00 bits per heavy atom. The highest BCUT2D eigenvalue weighted by atomic mass is 16.5. The summed E-state index contributed by atoms with van der Waals surface area (Å²) in [7, 11) is 3.30. The lowest BCUT2D eigenvalue weighted by molar-refractivity contribution is 0.355. The molecule has 0 spiro atoms. The van der Waals surface area contributed by atoms with E-state index in [1.165, 1.54) is 24.8 Å². The van der Waals surface area contributed by atoms with Gasteiger partial charge in [-0.3, -0.25) is 0 Å².